The molecular weight excluding hydrogens is 252 g/mol. The number of para-hydroxylation sites is 1. The Balaban J connectivity index is 1.86. The van der Waals surface area contributed by atoms with Crippen LogP contribution in [-0.4, -0.2) is 13.2 Å². The van der Waals surface area contributed by atoms with Gasteiger partial charge in [-0.25, -0.2) is 0 Å². The van der Waals surface area contributed by atoms with Crippen LogP contribution in [0.2, 0.25) is 0 Å². The summed E-state index contributed by atoms with van der Waals surface area (Å²) in [5.74, 6) is 1.34. The fourth-order valence-electron chi connectivity index (χ4n) is 1.64. The summed E-state index contributed by atoms with van der Waals surface area (Å²) < 4.78 is 11.0. The number of hydrogen-bond acceptors (Lipinski definition) is 4. The Kier molecular flexibility index (Phi) is 4.59. The second-order valence-corrected chi connectivity index (χ2v) is 3.94. The molecule has 4 nitrogen and oxygen atoms in total. The number of benzene rings is 2. The molecule has 0 bridgehead atoms. The van der Waals surface area contributed by atoms with Crippen LogP contribution in [0.25, 0.3) is 0 Å². The van der Waals surface area contributed by atoms with E-state index in [9.17, 15) is 0 Å². The SMILES string of the molecule is N#Cc1ccc(OCCOc2ccccc2)cc1C#N. The third-order valence-electron chi connectivity index (χ3n) is 2.60. The lowest BCUT2D eigenvalue weighted by molar-refractivity contribution is 0.217. The first kappa shape index (κ1) is 13.5. The fraction of sp³-hybridized carbons (Fsp3) is 0.125. The summed E-state index contributed by atoms with van der Waals surface area (Å²) in [7, 11) is 0. The van der Waals surface area contributed by atoms with Crippen LogP contribution in [0, 0.1) is 22.7 Å². The molecule has 0 fully saturated rings. The van der Waals surface area contributed by atoms with Gasteiger partial charge in [-0.15, -0.1) is 0 Å². The van der Waals surface area contributed by atoms with E-state index in [1.807, 2.05) is 42.5 Å². The molecule has 0 saturated carbocycles. The molecule has 2 rings (SSSR count). The highest BCUT2D eigenvalue weighted by molar-refractivity contribution is 5.49. The number of rotatable bonds is 5. The van der Waals surface area contributed by atoms with Gasteiger partial charge >= 0.3 is 0 Å². The van der Waals surface area contributed by atoms with Gasteiger partial charge in [0, 0.05) is 0 Å². The lowest BCUT2D eigenvalue weighted by Crippen LogP contribution is -2.09. The molecule has 0 atom stereocenters. The van der Waals surface area contributed by atoms with Crippen LogP contribution in [0.15, 0.2) is 48.5 Å². The van der Waals surface area contributed by atoms with E-state index in [2.05, 4.69) is 0 Å². The van der Waals surface area contributed by atoms with Gasteiger partial charge in [0.2, 0.25) is 0 Å². The zero-order valence-electron chi connectivity index (χ0n) is 10.7. The Labute approximate surface area is 117 Å². The van der Waals surface area contributed by atoms with E-state index in [1.54, 1.807) is 18.2 Å². The van der Waals surface area contributed by atoms with E-state index in [-0.39, 0.29) is 0 Å². The highest BCUT2D eigenvalue weighted by atomic mass is 16.5. The molecule has 0 aliphatic rings. The predicted molar refractivity (Wildman–Crippen MR) is 73.3 cm³/mol. The molecule has 2 aromatic rings. The first-order valence-electron chi connectivity index (χ1n) is 6.08. The van der Waals surface area contributed by atoms with Gasteiger partial charge < -0.3 is 9.47 Å². The summed E-state index contributed by atoms with van der Waals surface area (Å²) in [6.45, 7) is 0.775. The molecule has 0 aliphatic carbocycles. The summed E-state index contributed by atoms with van der Waals surface area (Å²) in [4.78, 5) is 0. The zero-order valence-corrected chi connectivity index (χ0v) is 10.7. The van der Waals surface area contributed by atoms with Crippen LogP contribution in [-0.2, 0) is 0 Å². The van der Waals surface area contributed by atoms with Crippen molar-refractivity contribution < 1.29 is 9.47 Å². The topological polar surface area (TPSA) is 66.0 Å². The monoisotopic (exact) mass is 264 g/mol. The maximum atomic E-state index is 8.91. The lowest BCUT2D eigenvalue weighted by Gasteiger charge is -2.08. The molecule has 0 radical (unpaired) electrons. The van der Waals surface area contributed by atoms with E-state index >= 15 is 0 Å². The molecule has 20 heavy (non-hydrogen) atoms. The molecule has 0 heterocycles. The third-order valence-corrected chi connectivity index (χ3v) is 2.60. The lowest BCUT2D eigenvalue weighted by atomic mass is 10.1. The summed E-state index contributed by atoms with van der Waals surface area (Å²) in [5.41, 5.74) is 0.661. The van der Waals surface area contributed by atoms with Gasteiger partial charge in [-0.2, -0.15) is 10.5 Å². The van der Waals surface area contributed by atoms with Crippen LogP contribution >= 0.6 is 0 Å². The van der Waals surface area contributed by atoms with Crippen LogP contribution in [0.3, 0.4) is 0 Å². The van der Waals surface area contributed by atoms with Crippen molar-refractivity contribution in [2.45, 2.75) is 0 Å². The van der Waals surface area contributed by atoms with Crippen molar-refractivity contribution in [3.63, 3.8) is 0 Å². The van der Waals surface area contributed by atoms with Crippen molar-refractivity contribution in [3.05, 3.63) is 59.7 Å². The Morgan fingerprint density at radius 3 is 2.05 bits per heavy atom. The fourth-order valence-corrected chi connectivity index (χ4v) is 1.64. The first-order chi connectivity index (χ1) is 9.83. The number of hydrogen-bond donors (Lipinski definition) is 0. The highest BCUT2D eigenvalue weighted by Gasteiger charge is 2.03. The number of nitriles is 2. The Morgan fingerprint density at radius 2 is 1.40 bits per heavy atom. The van der Waals surface area contributed by atoms with Crippen molar-refractivity contribution in [2.24, 2.45) is 0 Å². The van der Waals surface area contributed by atoms with Gasteiger partial charge in [-0.3, -0.25) is 0 Å². The van der Waals surface area contributed by atoms with E-state index in [0.717, 1.165) is 5.75 Å². The van der Waals surface area contributed by atoms with Gasteiger partial charge in [0.1, 0.15) is 36.9 Å². The van der Waals surface area contributed by atoms with Crippen LogP contribution in [0.1, 0.15) is 11.1 Å². The minimum Gasteiger partial charge on any atom is -0.490 e. The third kappa shape index (κ3) is 3.51. The van der Waals surface area contributed by atoms with E-state index < -0.39 is 0 Å². The van der Waals surface area contributed by atoms with Crippen molar-refractivity contribution in [1.82, 2.24) is 0 Å². The first-order valence-corrected chi connectivity index (χ1v) is 6.08. The maximum Gasteiger partial charge on any atom is 0.122 e. The maximum absolute atomic E-state index is 8.91. The normalized spacial score (nSPS) is 9.30. The second-order valence-electron chi connectivity index (χ2n) is 3.94. The molecule has 4 heteroatoms. The molecule has 0 unspecified atom stereocenters. The smallest absolute Gasteiger partial charge is 0.122 e. The molecule has 0 aliphatic heterocycles. The molecule has 0 aromatic heterocycles. The summed E-state index contributed by atoms with van der Waals surface area (Å²) in [6, 6.07) is 18.2. The van der Waals surface area contributed by atoms with Crippen LogP contribution < -0.4 is 9.47 Å². The molecule has 0 spiro atoms. The Bertz CT molecular complexity index is 654. The number of nitrogens with zero attached hydrogens (tertiary/aromatic N) is 2. The van der Waals surface area contributed by atoms with Crippen LogP contribution in [0.5, 0.6) is 11.5 Å². The van der Waals surface area contributed by atoms with Crippen molar-refractivity contribution in [3.8, 4) is 23.6 Å². The highest BCUT2D eigenvalue weighted by Crippen LogP contribution is 2.16. The van der Waals surface area contributed by atoms with Crippen molar-refractivity contribution in [2.75, 3.05) is 13.2 Å². The molecular formula is C16H12N2O2. The molecule has 0 N–H and O–H groups in total. The van der Waals surface area contributed by atoms with Gasteiger partial charge in [0.05, 0.1) is 11.1 Å². The van der Waals surface area contributed by atoms with E-state index in [1.165, 1.54) is 0 Å². The molecule has 2 aromatic carbocycles. The predicted octanol–water partition coefficient (Wildman–Crippen LogP) is 2.89. The van der Waals surface area contributed by atoms with Gasteiger partial charge in [0.25, 0.3) is 0 Å². The summed E-state index contributed by atoms with van der Waals surface area (Å²) in [5, 5.41) is 17.7. The Morgan fingerprint density at radius 1 is 0.750 bits per heavy atom. The molecule has 98 valence electrons. The summed E-state index contributed by atoms with van der Waals surface area (Å²) >= 11 is 0. The standard InChI is InChI=1S/C16H12N2O2/c17-11-13-6-7-16(10-14(13)12-18)20-9-8-19-15-4-2-1-3-5-15/h1-7,10H,8-9H2. The average Bonchev–Trinajstić information content (AvgIpc) is 2.52. The minimum atomic E-state index is 0.314. The van der Waals surface area contributed by atoms with Gasteiger partial charge in [-0.1, -0.05) is 18.2 Å². The van der Waals surface area contributed by atoms with Gasteiger partial charge in [0.15, 0.2) is 0 Å². The van der Waals surface area contributed by atoms with E-state index in [4.69, 9.17) is 20.0 Å². The zero-order chi connectivity index (χ0) is 14.2. The largest absolute Gasteiger partial charge is 0.490 e. The second kappa shape index (κ2) is 6.82. The quantitative estimate of drug-likeness (QED) is 0.779. The van der Waals surface area contributed by atoms with Gasteiger partial charge in [-0.05, 0) is 30.3 Å². The summed E-state index contributed by atoms with van der Waals surface area (Å²) in [6.07, 6.45) is 0. The average molecular weight is 264 g/mol. The minimum absolute atomic E-state index is 0.314. The van der Waals surface area contributed by atoms with Crippen molar-refractivity contribution >= 4 is 0 Å². The van der Waals surface area contributed by atoms with E-state index in [0.29, 0.717) is 30.1 Å². The Hall–Kier alpha value is -2.98. The number of ether oxygens (including phenoxy) is 2. The van der Waals surface area contributed by atoms with Crippen molar-refractivity contribution in [1.29, 1.82) is 10.5 Å². The molecule has 0 saturated heterocycles. The van der Waals surface area contributed by atoms with Crippen LogP contribution in [0.4, 0.5) is 0 Å². The molecule has 0 amide bonds.